The van der Waals surface area contributed by atoms with Gasteiger partial charge in [0.05, 0.1) is 55.2 Å². The molecule has 1 saturated carbocycles. The molecule has 1 saturated heterocycles. The fraction of sp³-hybridized carbons (Fsp3) is 0.391. The van der Waals surface area contributed by atoms with Crippen LogP contribution in [0.2, 0.25) is 0 Å². The van der Waals surface area contributed by atoms with Crippen LogP contribution in [0, 0.1) is 12.3 Å². The van der Waals surface area contributed by atoms with Gasteiger partial charge in [-0.1, -0.05) is 24.6 Å². The van der Waals surface area contributed by atoms with E-state index in [-0.39, 0.29) is 59.5 Å². The molecule has 3 aliphatic carbocycles. The molecule has 4 aliphatic heterocycles. The maximum atomic E-state index is 14.9. The van der Waals surface area contributed by atoms with E-state index in [4.69, 9.17) is 18.9 Å². The molecule has 304 valence electrons. The normalized spacial score (nSPS) is 31.0. The molecule has 7 aliphatic rings. The van der Waals surface area contributed by atoms with Gasteiger partial charge in [-0.2, -0.15) is 4.99 Å². The van der Waals surface area contributed by atoms with E-state index >= 15 is 0 Å². The summed E-state index contributed by atoms with van der Waals surface area (Å²) in [6.45, 7) is -1.33. The average molecular weight is 802 g/mol. The van der Waals surface area contributed by atoms with Gasteiger partial charge >= 0.3 is 0 Å². The molecule has 4 heterocycles. The number of aliphatic imine (C=N–C) groups is 1. The number of aromatic hydroxyl groups is 1. The number of aliphatic hydroxyl groups excluding tert-OH is 3. The Hall–Kier alpha value is -5.28. The highest BCUT2D eigenvalue weighted by molar-refractivity contribution is 6.13. The molecule has 2 bridgehead atoms. The van der Waals surface area contributed by atoms with Crippen LogP contribution < -0.4 is 9.47 Å². The van der Waals surface area contributed by atoms with Crippen molar-refractivity contribution in [2.24, 2.45) is 10.9 Å². The summed E-state index contributed by atoms with van der Waals surface area (Å²) in [4.78, 5) is 34.5. The van der Waals surface area contributed by atoms with Gasteiger partial charge in [0.25, 0.3) is 5.91 Å². The molecule has 0 aromatic heterocycles. The number of amides is 1. The third-order valence-electron chi connectivity index (χ3n) is 13.3. The zero-order chi connectivity index (χ0) is 40.7. The molecule has 0 spiro atoms. The first-order chi connectivity index (χ1) is 28.6. The second kappa shape index (κ2) is 14.5. The molecule has 3 aromatic carbocycles. The first-order valence-corrected chi connectivity index (χ1v) is 20.3. The van der Waals surface area contributed by atoms with Gasteiger partial charge in [0.15, 0.2) is 17.1 Å². The molecule has 13 heteroatoms. The number of rotatable bonds is 6. The minimum absolute atomic E-state index is 0.00737. The zero-order valence-electron chi connectivity index (χ0n) is 32.4. The summed E-state index contributed by atoms with van der Waals surface area (Å²) in [7, 11) is 1.50. The summed E-state index contributed by atoms with van der Waals surface area (Å²) in [5.41, 5.74) is 3.14. The number of hydrogen-bond donors (Lipinski definition) is 5. The quantitative estimate of drug-likeness (QED) is 0.178. The Morgan fingerprint density at radius 2 is 2.02 bits per heavy atom. The number of Topliss-reactive ketones (excluding diaryl/α,β-unsaturated/α-hetero) is 1. The lowest BCUT2D eigenvalue weighted by Gasteiger charge is -2.47. The van der Waals surface area contributed by atoms with Crippen molar-refractivity contribution in [3.05, 3.63) is 111 Å². The van der Waals surface area contributed by atoms with Crippen molar-refractivity contribution in [2.45, 2.75) is 80.9 Å². The number of aryl methyl sites for hydroxylation is 1. The van der Waals surface area contributed by atoms with E-state index in [1.807, 2.05) is 42.8 Å². The molecule has 10 rings (SSSR count). The number of hydrogen-bond acceptors (Lipinski definition) is 12. The van der Waals surface area contributed by atoms with Gasteiger partial charge in [0.2, 0.25) is 6.29 Å². The Morgan fingerprint density at radius 1 is 1.17 bits per heavy atom. The third-order valence-corrected chi connectivity index (χ3v) is 13.3. The van der Waals surface area contributed by atoms with Crippen LogP contribution in [0.15, 0.2) is 76.5 Å². The van der Waals surface area contributed by atoms with Crippen LogP contribution >= 0.6 is 0 Å². The summed E-state index contributed by atoms with van der Waals surface area (Å²) in [5.74, 6) is -0.421. The van der Waals surface area contributed by atoms with E-state index in [1.54, 1.807) is 30.5 Å². The molecule has 8 atom stereocenters. The fourth-order valence-electron chi connectivity index (χ4n) is 10.3. The van der Waals surface area contributed by atoms with Gasteiger partial charge in [-0.15, -0.1) is 0 Å². The maximum absolute atomic E-state index is 14.9. The Balaban J connectivity index is 1.19. The Morgan fingerprint density at radius 3 is 2.83 bits per heavy atom. The number of methoxy groups -OCH3 is 1. The Bertz CT molecular complexity index is 2450. The van der Waals surface area contributed by atoms with E-state index in [9.17, 15) is 35.1 Å². The number of carbonyl (C=O) groups is 2. The van der Waals surface area contributed by atoms with Crippen molar-refractivity contribution in [2.75, 3.05) is 26.9 Å². The largest absolute Gasteiger partial charge is 0.506 e. The third kappa shape index (κ3) is 5.89. The number of carbonyl (C=O) groups excluding carboxylic acids is 2. The number of ether oxygens (including phenoxy) is 4. The van der Waals surface area contributed by atoms with Crippen LogP contribution in [0.3, 0.4) is 0 Å². The average Bonchev–Trinajstić information content (AvgIpc) is 3.98. The summed E-state index contributed by atoms with van der Waals surface area (Å²) >= 11 is 0. The van der Waals surface area contributed by atoms with E-state index < -0.39 is 48.7 Å². The molecule has 1 amide bonds. The summed E-state index contributed by atoms with van der Waals surface area (Å²) in [6.07, 6.45) is 9.53. The van der Waals surface area contributed by atoms with Crippen molar-refractivity contribution >= 4 is 34.8 Å². The van der Waals surface area contributed by atoms with Crippen LogP contribution in [0.4, 0.5) is 0 Å². The summed E-state index contributed by atoms with van der Waals surface area (Å²) < 4.78 is 25.3. The first-order valence-electron chi connectivity index (χ1n) is 20.3. The van der Waals surface area contributed by atoms with Crippen molar-refractivity contribution in [3.8, 4) is 17.2 Å². The second-order valence-corrected chi connectivity index (χ2v) is 16.5. The van der Waals surface area contributed by atoms with E-state index in [2.05, 4.69) is 4.99 Å². The topological polar surface area (TPSA) is 188 Å². The number of nitrogens with zero attached hydrogens (tertiary/aromatic N) is 2. The highest BCUT2D eigenvalue weighted by atomic mass is 16.7. The van der Waals surface area contributed by atoms with E-state index in [0.717, 1.165) is 53.6 Å². The number of fused-ring (bicyclic) bond motifs is 11. The molecular formula is C46H45N2O11+. The van der Waals surface area contributed by atoms with Crippen LogP contribution in [-0.4, -0.2) is 112 Å². The van der Waals surface area contributed by atoms with Crippen LogP contribution in [0.25, 0.3) is 16.8 Å². The maximum Gasteiger partial charge on any atom is 0.254 e. The Labute approximate surface area is 340 Å². The zero-order valence-corrected chi connectivity index (χ0v) is 32.4. The van der Waals surface area contributed by atoms with Crippen molar-refractivity contribution in [1.29, 1.82) is 0 Å². The number of ketones is 1. The van der Waals surface area contributed by atoms with Gasteiger partial charge in [-0.25, -0.2) is 0 Å². The summed E-state index contributed by atoms with van der Waals surface area (Å²) in [6, 6.07) is 9.08. The minimum atomic E-state index is -2.55. The first kappa shape index (κ1) is 38.0. The molecular weight excluding hydrogens is 757 g/mol. The molecule has 0 unspecified atom stereocenters. The lowest BCUT2D eigenvalue weighted by atomic mass is 9.72. The predicted octanol–water partition coefficient (Wildman–Crippen LogP) is 4.22. The standard InChI is InChI=1S/C46H44N2O11/c1-56-35-17-30-28-14-13-23-8-6-11-25(23)37(28)39(33(50)20-48-19-24-7-2-3-9-26(24)44(48)54)41(52)38(30)42-29(35)15-16-34(31-18-47-32-12-5-4-10-27(31)32)57-21-36-40(51)43(53)46(55,22-49)45(58-36)59-42/h2-5,7,9-10,12,15-18,23,25,34,36,40,43,45,49,51,53,55H,6,8,11,13-14,19-22H2,1H3/p+1/b16-15+/t23-,25-,34-,36-,40-,43+,45-,46-/m1/s1. The van der Waals surface area contributed by atoms with Crippen LogP contribution in [0.1, 0.15) is 74.6 Å². The van der Waals surface area contributed by atoms with Crippen molar-refractivity contribution < 1.29 is 54.1 Å². The highest BCUT2D eigenvalue weighted by Crippen LogP contribution is 2.55. The summed E-state index contributed by atoms with van der Waals surface area (Å²) in [5, 5.41) is 58.5. The number of aliphatic hydroxyl groups is 4. The lowest BCUT2D eigenvalue weighted by Crippen LogP contribution is -2.69. The van der Waals surface area contributed by atoms with Gasteiger partial charge in [0, 0.05) is 36.8 Å². The molecule has 0 radical (unpaired) electrons. The van der Waals surface area contributed by atoms with Crippen LogP contribution in [0.5, 0.6) is 17.2 Å². The van der Waals surface area contributed by atoms with Gasteiger partial charge in [0.1, 0.15) is 47.2 Å². The molecule has 3 aromatic rings. The van der Waals surface area contributed by atoms with Gasteiger partial charge < -0.3 is 49.4 Å². The highest BCUT2D eigenvalue weighted by Gasteiger charge is 2.57. The molecule has 2 fully saturated rings. The molecule has 59 heavy (non-hydrogen) atoms. The lowest BCUT2D eigenvalue weighted by molar-refractivity contribution is -0.329. The molecule has 13 nitrogen and oxygen atoms in total. The fourth-order valence-corrected chi connectivity index (χ4v) is 10.3. The van der Waals surface area contributed by atoms with E-state index in [0.29, 0.717) is 34.6 Å². The predicted molar refractivity (Wildman–Crippen MR) is 215 cm³/mol. The number of phenolic OH excluding ortho intramolecular Hbond substituents is 1. The SMILES string of the molecule is COc1cc2c3c(c(C(=O)CN4Cc5ccccc5C4=O)c(O)c2c2c1/C=C/[C@H](C1=C4[CH+]C=CC=C4N=C1)OC[C@H]1O[C@H](O2)[C@@](O)(CO)[C@@H](O)[C@@H]1O)[C@@H]1CCC[C@@H]1CC3. The van der Waals surface area contributed by atoms with Crippen LogP contribution in [-0.2, 0) is 22.4 Å². The smallest absolute Gasteiger partial charge is 0.254 e. The number of phenols is 1. The minimum Gasteiger partial charge on any atom is -0.506 e. The number of benzene rings is 3. The van der Waals surface area contributed by atoms with Gasteiger partial charge in [-0.3, -0.25) is 9.59 Å². The molecule has 5 N–H and O–H groups in total. The van der Waals surface area contributed by atoms with E-state index in [1.165, 1.54) is 12.0 Å². The van der Waals surface area contributed by atoms with Crippen molar-refractivity contribution in [3.63, 3.8) is 0 Å². The Kier molecular flexibility index (Phi) is 9.31. The van der Waals surface area contributed by atoms with Crippen molar-refractivity contribution in [1.82, 2.24) is 4.90 Å². The monoisotopic (exact) mass is 801 g/mol. The number of allylic oxidation sites excluding steroid dienone is 4. The van der Waals surface area contributed by atoms with Gasteiger partial charge in [-0.05, 0) is 83.9 Å². The second-order valence-electron chi connectivity index (χ2n) is 16.5.